The van der Waals surface area contributed by atoms with Crippen LogP contribution in [0, 0.1) is 22.0 Å². The first-order valence-corrected chi connectivity index (χ1v) is 14.5. The van der Waals surface area contributed by atoms with Crippen molar-refractivity contribution >= 4 is 43.8 Å². The number of sulfone groups is 1. The topological polar surface area (TPSA) is 133 Å². The van der Waals surface area contributed by atoms with Crippen LogP contribution >= 0.6 is 0 Å². The zero-order valence-corrected chi connectivity index (χ0v) is 22.1. The predicted molar refractivity (Wildman–Crippen MR) is 141 cm³/mol. The molecule has 2 bridgehead atoms. The summed E-state index contributed by atoms with van der Waals surface area (Å²) in [6.07, 6.45) is 2.71. The van der Waals surface area contributed by atoms with Crippen molar-refractivity contribution in [1.82, 2.24) is 0 Å². The maximum absolute atomic E-state index is 14.0. The molecular weight excluding hydrogens is 524 g/mol. The number of fused-ring (bicyclic) bond motifs is 6. The minimum Gasteiger partial charge on any atom is -0.493 e. The van der Waals surface area contributed by atoms with Gasteiger partial charge in [-0.05, 0) is 56.2 Å². The average Bonchev–Trinajstić information content (AvgIpc) is 3.47. The SMILES string of the molecule is C[C@]12CCC(CCOc3ccc(S(C)(=O)=O)cc3)(O1)[C@@H]1C(=O)N(c3ccc([N+](=O)[O-])c4ccccc34)C(=O)[C@@H]12. The van der Waals surface area contributed by atoms with Gasteiger partial charge in [0.1, 0.15) is 5.75 Å². The number of nitro benzene ring substituents is 1. The van der Waals surface area contributed by atoms with Crippen molar-refractivity contribution in [3.63, 3.8) is 0 Å². The zero-order chi connectivity index (χ0) is 27.7. The fraction of sp³-hybridized carbons (Fsp3) is 0.357. The van der Waals surface area contributed by atoms with Gasteiger partial charge in [-0.2, -0.15) is 0 Å². The fourth-order valence-electron chi connectivity index (χ4n) is 6.59. The predicted octanol–water partition coefficient (Wildman–Crippen LogP) is 4.05. The quantitative estimate of drug-likeness (QED) is 0.244. The molecule has 202 valence electrons. The summed E-state index contributed by atoms with van der Waals surface area (Å²) in [5.74, 6) is -1.60. The maximum Gasteiger partial charge on any atom is 0.277 e. The van der Waals surface area contributed by atoms with Crippen LogP contribution in [0.3, 0.4) is 0 Å². The summed E-state index contributed by atoms with van der Waals surface area (Å²) in [5, 5.41) is 12.4. The molecule has 1 unspecified atom stereocenters. The summed E-state index contributed by atoms with van der Waals surface area (Å²) in [4.78, 5) is 40.3. The molecule has 0 aliphatic carbocycles. The third-order valence-electron chi connectivity index (χ3n) is 8.37. The van der Waals surface area contributed by atoms with Gasteiger partial charge in [0.05, 0.1) is 50.5 Å². The van der Waals surface area contributed by atoms with E-state index in [1.165, 1.54) is 29.2 Å². The van der Waals surface area contributed by atoms with E-state index < -0.39 is 37.8 Å². The van der Waals surface area contributed by atoms with E-state index >= 15 is 0 Å². The Hall–Kier alpha value is -3.83. The molecule has 4 atom stereocenters. The maximum atomic E-state index is 14.0. The second-order valence-corrected chi connectivity index (χ2v) is 12.7. The number of benzene rings is 3. The van der Waals surface area contributed by atoms with E-state index in [1.807, 2.05) is 6.92 Å². The molecule has 3 aromatic carbocycles. The Bertz CT molecular complexity index is 1650. The van der Waals surface area contributed by atoms with E-state index in [0.29, 0.717) is 41.5 Å². The van der Waals surface area contributed by atoms with Gasteiger partial charge in [-0.1, -0.05) is 18.2 Å². The highest BCUT2D eigenvalue weighted by Gasteiger charge is 2.73. The normalized spacial score (nSPS) is 27.8. The molecule has 6 rings (SSSR count). The van der Waals surface area contributed by atoms with Crippen LogP contribution in [-0.2, 0) is 24.2 Å². The van der Waals surface area contributed by atoms with E-state index in [1.54, 1.807) is 36.4 Å². The van der Waals surface area contributed by atoms with E-state index in [9.17, 15) is 28.1 Å². The van der Waals surface area contributed by atoms with Crippen molar-refractivity contribution in [3.05, 3.63) is 70.8 Å². The van der Waals surface area contributed by atoms with Crippen LogP contribution in [0.5, 0.6) is 5.75 Å². The number of rotatable bonds is 7. The van der Waals surface area contributed by atoms with Gasteiger partial charge in [-0.15, -0.1) is 0 Å². The highest BCUT2D eigenvalue weighted by Crippen LogP contribution is 2.62. The van der Waals surface area contributed by atoms with Crippen LogP contribution in [0.2, 0.25) is 0 Å². The van der Waals surface area contributed by atoms with Crippen molar-refractivity contribution in [1.29, 1.82) is 0 Å². The van der Waals surface area contributed by atoms with Gasteiger partial charge in [0.2, 0.25) is 11.8 Å². The third kappa shape index (κ3) is 3.82. The minimum absolute atomic E-state index is 0.0952. The largest absolute Gasteiger partial charge is 0.493 e. The Morgan fingerprint density at radius 3 is 2.33 bits per heavy atom. The van der Waals surface area contributed by atoms with Gasteiger partial charge in [0.15, 0.2) is 9.84 Å². The van der Waals surface area contributed by atoms with Crippen LogP contribution < -0.4 is 9.64 Å². The monoisotopic (exact) mass is 550 g/mol. The van der Waals surface area contributed by atoms with E-state index in [0.717, 1.165) is 6.26 Å². The van der Waals surface area contributed by atoms with Crippen molar-refractivity contribution < 1.29 is 32.4 Å². The number of hydrogen-bond acceptors (Lipinski definition) is 8. The van der Waals surface area contributed by atoms with Gasteiger partial charge in [-0.25, -0.2) is 13.3 Å². The van der Waals surface area contributed by atoms with Crippen molar-refractivity contribution in [3.8, 4) is 5.75 Å². The number of amides is 2. The Kier molecular flexibility index (Phi) is 5.60. The van der Waals surface area contributed by atoms with Crippen molar-refractivity contribution in [2.24, 2.45) is 11.8 Å². The van der Waals surface area contributed by atoms with E-state index in [-0.39, 0.29) is 29.0 Å². The Labute approximate surface area is 224 Å². The molecule has 0 N–H and O–H groups in total. The summed E-state index contributed by atoms with van der Waals surface area (Å²) in [7, 11) is -3.32. The van der Waals surface area contributed by atoms with Crippen LogP contribution in [0.1, 0.15) is 26.2 Å². The second kappa shape index (κ2) is 8.59. The smallest absolute Gasteiger partial charge is 0.277 e. The molecule has 0 spiro atoms. The molecule has 3 fully saturated rings. The molecule has 3 aliphatic heterocycles. The van der Waals surface area contributed by atoms with Crippen LogP contribution in [0.25, 0.3) is 10.8 Å². The number of anilines is 1. The highest BCUT2D eigenvalue weighted by molar-refractivity contribution is 7.90. The van der Waals surface area contributed by atoms with Crippen molar-refractivity contribution in [2.75, 3.05) is 17.8 Å². The lowest BCUT2D eigenvalue weighted by Gasteiger charge is -2.31. The number of hydrogen-bond donors (Lipinski definition) is 0. The molecule has 3 aliphatic rings. The Morgan fingerprint density at radius 1 is 1.00 bits per heavy atom. The first kappa shape index (κ1) is 25.4. The lowest BCUT2D eigenvalue weighted by Crippen LogP contribution is -2.43. The molecule has 2 amide bonds. The van der Waals surface area contributed by atoms with E-state index in [2.05, 4.69) is 0 Å². The molecule has 10 nitrogen and oxygen atoms in total. The first-order valence-electron chi connectivity index (χ1n) is 12.6. The van der Waals surface area contributed by atoms with Gasteiger partial charge >= 0.3 is 0 Å². The summed E-state index contributed by atoms with van der Waals surface area (Å²) >= 11 is 0. The first-order chi connectivity index (χ1) is 18.5. The molecule has 3 aromatic rings. The molecule has 3 heterocycles. The molecule has 39 heavy (non-hydrogen) atoms. The molecular formula is C28H26N2O8S. The summed E-state index contributed by atoms with van der Waals surface area (Å²) < 4.78 is 35.8. The number of nitro groups is 1. The van der Waals surface area contributed by atoms with E-state index in [4.69, 9.17) is 9.47 Å². The average molecular weight is 551 g/mol. The number of imide groups is 1. The minimum atomic E-state index is -3.32. The zero-order valence-electron chi connectivity index (χ0n) is 21.3. The number of carbonyl (C=O) groups excluding carboxylic acids is 2. The number of nitrogens with zero attached hydrogens (tertiary/aromatic N) is 2. The third-order valence-corrected chi connectivity index (χ3v) is 9.50. The molecule has 3 saturated heterocycles. The molecule has 11 heteroatoms. The fourth-order valence-corrected chi connectivity index (χ4v) is 7.22. The summed E-state index contributed by atoms with van der Waals surface area (Å²) in [6.45, 7) is 2.08. The molecule has 0 radical (unpaired) electrons. The van der Waals surface area contributed by atoms with Gasteiger partial charge in [0.25, 0.3) is 5.69 Å². The second-order valence-electron chi connectivity index (χ2n) is 10.7. The molecule has 0 saturated carbocycles. The Morgan fingerprint density at radius 2 is 1.67 bits per heavy atom. The van der Waals surface area contributed by atoms with Crippen LogP contribution in [0.15, 0.2) is 65.6 Å². The highest BCUT2D eigenvalue weighted by atomic mass is 32.2. The number of non-ortho nitro benzene ring substituents is 1. The standard InChI is InChI=1S/C28H26N2O8S/c1-27-13-14-28(38-27,15-16-37-17-7-9-18(10-8-17)39(2,35)36)24-23(27)25(31)29(26(24)32)21-11-12-22(30(33)34)20-6-4-3-5-19(20)21/h3-12,23-24H,13-16H2,1-2H3/t23-,24+,27-,28?/m1/s1. The lowest BCUT2D eigenvalue weighted by atomic mass is 9.67. The van der Waals surface area contributed by atoms with Gasteiger partial charge < -0.3 is 9.47 Å². The summed E-state index contributed by atoms with van der Waals surface area (Å²) in [5.41, 5.74) is -1.45. The Balaban J connectivity index is 1.29. The van der Waals surface area contributed by atoms with Gasteiger partial charge in [0, 0.05) is 24.1 Å². The number of carbonyl (C=O) groups is 2. The van der Waals surface area contributed by atoms with Crippen molar-refractivity contribution in [2.45, 2.75) is 42.3 Å². The number of ether oxygens (including phenoxy) is 2. The summed E-state index contributed by atoms with van der Waals surface area (Å²) in [6, 6.07) is 15.6. The van der Waals surface area contributed by atoms with Crippen LogP contribution in [0.4, 0.5) is 11.4 Å². The van der Waals surface area contributed by atoms with Gasteiger partial charge in [-0.3, -0.25) is 19.7 Å². The lowest BCUT2D eigenvalue weighted by molar-refractivity contribution is -0.383. The molecule has 0 aromatic heterocycles. The van der Waals surface area contributed by atoms with Crippen LogP contribution in [-0.4, -0.2) is 49.2 Å².